The van der Waals surface area contributed by atoms with Crippen LogP contribution in [-0.2, 0) is 4.74 Å². The van der Waals surface area contributed by atoms with Crippen LogP contribution in [0.4, 0.5) is 4.39 Å². The van der Waals surface area contributed by atoms with Gasteiger partial charge in [-0.15, -0.1) is 0 Å². The van der Waals surface area contributed by atoms with Gasteiger partial charge in [0.15, 0.2) is 5.69 Å². The lowest BCUT2D eigenvalue weighted by atomic mass is 9.79. The highest BCUT2D eigenvalue weighted by Crippen LogP contribution is 2.43. The minimum atomic E-state index is -0.635. The van der Waals surface area contributed by atoms with E-state index < -0.39 is 23.6 Å². The molecule has 2 aliphatic rings. The molecule has 1 amide bonds. The molecule has 1 saturated carbocycles. The number of halogens is 1. The average molecular weight is 347 g/mol. The van der Waals surface area contributed by atoms with Crippen molar-refractivity contribution in [1.82, 2.24) is 14.3 Å². The maximum absolute atomic E-state index is 14.8. The summed E-state index contributed by atoms with van der Waals surface area (Å²) in [6.45, 7) is 2.26. The van der Waals surface area contributed by atoms with Crippen LogP contribution in [0, 0.1) is 12.9 Å². The molecular formula is C18H22FN3O3. The second-order valence-electron chi connectivity index (χ2n) is 7.07. The molecule has 3 atom stereocenters. The number of carbonyl (C=O) groups is 1. The van der Waals surface area contributed by atoms with E-state index in [0.717, 1.165) is 0 Å². The first-order valence-electron chi connectivity index (χ1n) is 8.64. The van der Waals surface area contributed by atoms with Crippen molar-refractivity contribution in [2.75, 3.05) is 13.7 Å². The Balaban J connectivity index is 1.72. The molecule has 4 rings (SSSR count). The first-order valence-corrected chi connectivity index (χ1v) is 8.64. The Kier molecular flexibility index (Phi) is 3.81. The molecular weight excluding hydrogens is 325 g/mol. The Labute approximate surface area is 145 Å². The molecule has 134 valence electrons. The smallest absolute Gasteiger partial charge is 0.277 e. The molecule has 2 fully saturated rings. The minimum absolute atomic E-state index is 0.165. The molecule has 1 N–H and O–H groups in total. The molecule has 1 aliphatic carbocycles. The van der Waals surface area contributed by atoms with Crippen molar-refractivity contribution < 1.29 is 19.0 Å². The van der Waals surface area contributed by atoms with Gasteiger partial charge in [0.2, 0.25) is 5.95 Å². The first kappa shape index (κ1) is 16.5. The van der Waals surface area contributed by atoms with Gasteiger partial charge in [0.05, 0.1) is 17.7 Å². The summed E-state index contributed by atoms with van der Waals surface area (Å²) in [5, 5.41) is 10.1. The van der Waals surface area contributed by atoms with E-state index in [9.17, 15) is 14.3 Å². The van der Waals surface area contributed by atoms with Crippen LogP contribution in [0.15, 0.2) is 18.2 Å². The van der Waals surface area contributed by atoms with Gasteiger partial charge >= 0.3 is 0 Å². The van der Waals surface area contributed by atoms with Gasteiger partial charge in [-0.25, -0.2) is 4.98 Å². The third-order valence-corrected chi connectivity index (χ3v) is 5.81. The molecule has 2 aromatic heterocycles. The number of pyridine rings is 1. The average Bonchev–Trinajstić information content (AvgIpc) is 3.14. The van der Waals surface area contributed by atoms with E-state index >= 15 is 0 Å². The number of fused-ring (bicyclic) bond motifs is 2. The number of hydrogen-bond acceptors (Lipinski definition) is 4. The molecule has 25 heavy (non-hydrogen) atoms. The number of rotatable bonds is 2. The number of ether oxygens (including phenoxy) is 1. The van der Waals surface area contributed by atoms with Crippen molar-refractivity contribution in [2.24, 2.45) is 0 Å². The topological polar surface area (TPSA) is 67.1 Å². The predicted octanol–water partition coefficient (Wildman–Crippen LogP) is 1.93. The lowest BCUT2D eigenvalue weighted by molar-refractivity contribution is -0.0825. The van der Waals surface area contributed by atoms with Crippen molar-refractivity contribution in [3.05, 3.63) is 35.5 Å². The standard InChI is InChI=1S/C18H22FN3O3/c1-11-4-3-5-14-20-15(16(19)22(11)14)17(24)21-9-8-18(25-2)7-6-12(23)10-13(18)21/h3-5,12-13,23H,6-10H2,1-2H3/t12-,13-,18+/m0/s1. The van der Waals surface area contributed by atoms with Crippen molar-refractivity contribution in [1.29, 1.82) is 0 Å². The van der Waals surface area contributed by atoms with Crippen LogP contribution in [0.5, 0.6) is 0 Å². The highest BCUT2D eigenvalue weighted by Gasteiger charge is 2.53. The Morgan fingerprint density at radius 1 is 1.44 bits per heavy atom. The van der Waals surface area contributed by atoms with Gasteiger partial charge in [-0.2, -0.15) is 4.39 Å². The molecule has 3 heterocycles. The van der Waals surface area contributed by atoms with Crippen LogP contribution < -0.4 is 0 Å². The zero-order valence-electron chi connectivity index (χ0n) is 14.4. The van der Waals surface area contributed by atoms with Gasteiger partial charge in [-0.3, -0.25) is 9.20 Å². The maximum Gasteiger partial charge on any atom is 0.277 e. The fourth-order valence-electron chi connectivity index (χ4n) is 4.40. The predicted molar refractivity (Wildman–Crippen MR) is 88.9 cm³/mol. The SMILES string of the molecule is CO[C@@]12CC[C@H](O)C[C@@H]1N(C(=O)c1nc3cccc(C)n3c1F)CC2. The van der Waals surface area contributed by atoms with Gasteiger partial charge < -0.3 is 14.7 Å². The molecule has 0 radical (unpaired) electrons. The number of likely N-dealkylation sites (tertiary alicyclic amines) is 1. The molecule has 0 unspecified atom stereocenters. The van der Waals surface area contributed by atoms with Gasteiger partial charge in [-0.05, 0) is 44.7 Å². The van der Waals surface area contributed by atoms with Gasteiger partial charge in [0, 0.05) is 19.3 Å². The number of amides is 1. The summed E-state index contributed by atoms with van der Waals surface area (Å²) in [5.74, 6) is -1.07. The summed E-state index contributed by atoms with van der Waals surface area (Å²) in [5.41, 5.74) is 0.491. The van der Waals surface area contributed by atoms with E-state index in [4.69, 9.17) is 4.74 Å². The lowest BCUT2D eigenvalue weighted by Gasteiger charge is -2.42. The number of aryl methyl sites for hydroxylation is 1. The number of carbonyl (C=O) groups excluding carboxylic acids is 1. The monoisotopic (exact) mass is 347 g/mol. The summed E-state index contributed by atoms with van der Waals surface area (Å²) < 4.78 is 21.9. The highest BCUT2D eigenvalue weighted by molar-refractivity contribution is 5.93. The lowest BCUT2D eigenvalue weighted by Crippen LogP contribution is -2.52. The van der Waals surface area contributed by atoms with Crippen LogP contribution in [0.2, 0.25) is 0 Å². The molecule has 6 nitrogen and oxygen atoms in total. The zero-order valence-corrected chi connectivity index (χ0v) is 14.4. The van der Waals surface area contributed by atoms with E-state index in [2.05, 4.69) is 4.98 Å². The van der Waals surface area contributed by atoms with E-state index in [1.54, 1.807) is 37.1 Å². The summed E-state index contributed by atoms with van der Waals surface area (Å²) in [7, 11) is 1.65. The molecule has 0 aromatic carbocycles. The number of imidazole rings is 1. The van der Waals surface area contributed by atoms with E-state index in [1.807, 2.05) is 0 Å². The van der Waals surface area contributed by atoms with Crippen molar-refractivity contribution in [3.8, 4) is 0 Å². The number of aromatic nitrogens is 2. The largest absolute Gasteiger partial charge is 0.393 e. The second-order valence-corrected chi connectivity index (χ2v) is 7.07. The Morgan fingerprint density at radius 2 is 2.24 bits per heavy atom. The van der Waals surface area contributed by atoms with Crippen LogP contribution in [0.3, 0.4) is 0 Å². The Hall–Kier alpha value is -1.99. The van der Waals surface area contributed by atoms with E-state index in [1.165, 1.54) is 4.40 Å². The number of methoxy groups -OCH3 is 1. The normalized spacial score (nSPS) is 29.2. The summed E-state index contributed by atoms with van der Waals surface area (Å²) in [4.78, 5) is 18.9. The summed E-state index contributed by atoms with van der Waals surface area (Å²) in [6.07, 6.45) is 2.05. The quantitative estimate of drug-likeness (QED) is 0.901. The first-order chi connectivity index (χ1) is 12.0. The van der Waals surface area contributed by atoms with Crippen LogP contribution in [-0.4, -0.2) is 56.7 Å². The van der Waals surface area contributed by atoms with E-state index in [0.29, 0.717) is 43.6 Å². The molecule has 7 heteroatoms. The fraction of sp³-hybridized carbons (Fsp3) is 0.556. The highest BCUT2D eigenvalue weighted by atomic mass is 19.1. The van der Waals surface area contributed by atoms with Crippen LogP contribution >= 0.6 is 0 Å². The summed E-state index contributed by atoms with van der Waals surface area (Å²) >= 11 is 0. The maximum atomic E-state index is 14.8. The molecule has 2 aromatic rings. The molecule has 0 spiro atoms. The van der Waals surface area contributed by atoms with Crippen molar-refractivity contribution >= 4 is 11.6 Å². The van der Waals surface area contributed by atoms with Crippen molar-refractivity contribution in [3.63, 3.8) is 0 Å². The zero-order chi connectivity index (χ0) is 17.8. The Morgan fingerprint density at radius 3 is 2.96 bits per heavy atom. The van der Waals surface area contributed by atoms with Crippen LogP contribution in [0.1, 0.15) is 41.9 Å². The van der Waals surface area contributed by atoms with Gasteiger partial charge in [0.1, 0.15) is 5.65 Å². The molecule has 1 aliphatic heterocycles. The number of hydrogen-bond donors (Lipinski definition) is 1. The van der Waals surface area contributed by atoms with Crippen molar-refractivity contribution in [2.45, 2.75) is 50.4 Å². The van der Waals surface area contributed by atoms with Crippen LogP contribution in [0.25, 0.3) is 5.65 Å². The number of nitrogens with zero attached hydrogens (tertiary/aromatic N) is 3. The van der Waals surface area contributed by atoms with Gasteiger partial charge in [0.25, 0.3) is 5.91 Å². The summed E-state index contributed by atoms with van der Waals surface area (Å²) in [6, 6.07) is 4.99. The molecule has 0 bridgehead atoms. The molecule has 1 saturated heterocycles. The van der Waals surface area contributed by atoms with E-state index in [-0.39, 0.29) is 11.7 Å². The van der Waals surface area contributed by atoms with Gasteiger partial charge in [-0.1, -0.05) is 6.07 Å². The third kappa shape index (κ3) is 2.37. The minimum Gasteiger partial charge on any atom is -0.393 e. The Bertz CT molecular complexity index is 836. The third-order valence-electron chi connectivity index (χ3n) is 5.81. The number of aliphatic hydroxyl groups excluding tert-OH is 1. The second kappa shape index (κ2) is 5.78. The number of aliphatic hydroxyl groups is 1. The fourth-order valence-corrected chi connectivity index (χ4v) is 4.40.